The number of rotatable bonds is 7. The Kier molecular flexibility index (Phi) is 9.49. The van der Waals surface area contributed by atoms with Crippen molar-refractivity contribution in [2.45, 2.75) is 26.3 Å². The van der Waals surface area contributed by atoms with Crippen LogP contribution in [0.1, 0.15) is 24.0 Å². The number of benzene rings is 1. The minimum absolute atomic E-state index is 0. The molecule has 1 aromatic carbocycles. The van der Waals surface area contributed by atoms with Gasteiger partial charge in [-0.1, -0.05) is 29.8 Å². The van der Waals surface area contributed by atoms with Crippen molar-refractivity contribution in [2.24, 2.45) is 11.7 Å². The smallest absolute Gasteiger partial charge is 0.234 e. The normalized spacial score (nSPS) is 17.4. The Labute approximate surface area is 155 Å². The second-order valence-electron chi connectivity index (χ2n) is 6.42. The Hall–Kier alpha value is -1.63. The molecule has 1 aliphatic heterocycles. The van der Waals surface area contributed by atoms with E-state index in [1.165, 1.54) is 5.56 Å². The van der Waals surface area contributed by atoms with E-state index in [0.717, 1.165) is 24.9 Å². The van der Waals surface area contributed by atoms with Gasteiger partial charge in [-0.3, -0.25) is 14.5 Å². The molecule has 6 nitrogen and oxygen atoms in total. The fourth-order valence-electron chi connectivity index (χ4n) is 2.92. The summed E-state index contributed by atoms with van der Waals surface area (Å²) in [5.41, 5.74) is 7.71. The maximum Gasteiger partial charge on any atom is 0.234 e. The highest BCUT2D eigenvalue weighted by atomic mass is 35.5. The van der Waals surface area contributed by atoms with E-state index in [-0.39, 0.29) is 30.1 Å². The number of halogens is 1. The SMILES string of the molecule is Cc1ccc(CNC(=O)CN2CCCC(C(=O)NCCN)C2)cc1.Cl. The van der Waals surface area contributed by atoms with Crippen molar-refractivity contribution in [3.05, 3.63) is 35.4 Å². The van der Waals surface area contributed by atoms with Crippen molar-refractivity contribution in [3.8, 4) is 0 Å². The number of nitrogens with one attached hydrogen (secondary N) is 2. The molecule has 140 valence electrons. The number of likely N-dealkylation sites (tertiary alicyclic amines) is 1. The average Bonchev–Trinajstić information content (AvgIpc) is 2.59. The molecule has 7 heteroatoms. The van der Waals surface area contributed by atoms with Gasteiger partial charge in [-0.2, -0.15) is 0 Å². The lowest BCUT2D eigenvalue weighted by atomic mass is 9.97. The number of amides is 2. The van der Waals surface area contributed by atoms with Gasteiger partial charge in [-0.15, -0.1) is 12.4 Å². The number of aryl methyl sites for hydroxylation is 1. The van der Waals surface area contributed by atoms with Crippen LogP contribution in [0.25, 0.3) is 0 Å². The van der Waals surface area contributed by atoms with Crippen molar-refractivity contribution in [1.82, 2.24) is 15.5 Å². The van der Waals surface area contributed by atoms with Crippen molar-refractivity contribution in [3.63, 3.8) is 0 Å². The highest BCUT2D eigenvalue weighted by Gasteiger charge is 2.26. The summed E-state index contributed by atoms with van der Waals surface area (Å²) in [7, 11) is 0. The predicted molar refractivity (Wildman–Crippen MR) is 102 cm³/mol. The summed E-state index contributed by atoms with van der Waals surface area (Å²) in [5.74, 6) is -0.000923. The second kappa shape index (κ2) is 11.1. The topological polar surface area (TPSA) is 87.5 Å². The standard InChI is InChI=1S/C18H28N4O2.ClH/c1-14-4-6-15(7-5-14)11-21-17(23)13-22-10-2-3-16(12-22)18(24)20-9-8-19;/h4-7,16H,2-3,8-13,19H2,1H3,(H,20,24)(H,21,23);1H. The van der Waals surface area contributed by atoms with Crippen molar-refractivity contribution >= 4 is 24.2 Å². The molecule has 0 saturated carbocycles. The molecule has 1 fully saturated rings. The number of hydrogen-bond donors (Lipinski definition) is 3. The first-order chi connectivity index (χ1) is 11.6. The van der Waals surface area contributed by atoms with Gasteiger partial charge in [0.25, 0.3) is 0 Å². The minimum atomic E-state index is -0.0461. The van der Waals surface area contributed by atoms with Crippen molar-refractivity contribution in [1.29, 1.82) is 0 Å². The van der Waals surface area contributed by atoms with Gasteiger partial charge in [0.1, 0.15) is 0 Å². The highest BCUT2D eigenvalue weighted by Crippen LogP contribution is 2.16. The number of nitrogens with zero attached hydrogens (tertiary/aromatic N) is 1. The predicted octanol–water partition coefficient (Wildman–Crippen LogP) is 0.820. The summed E-state index contributed by atoms with van der Waals surface area (Å²) >= 11 is 0. The summed E-state index contributed by atoms with van der Waals surface area (Å²) < 4.78 is 0. The molecular formula is C18H29ClN4O2. The van der Waals surface area contributed by atoms with Gasteiger partial charge < -0.3 is 16.4 Å². The van der Waals surface area contributed by atoms with E-state index in [0.29, 0.717) is 32.7 Å². The molecule has 0 spiro atoms. The van der Waals surface area contributed by atoms with Crippen molar-refractivity contribution in [2.75, 3.05) is 32.7 Å². The molecule has 25 heavy (non-hydrogen) atoms. The maximum absolute atomic E-state index is 12.1. The first-order valence-corrected chi connectivity index (χ1v) is 8.61. The molecule has 2 rings (SSSR count). The van der Waals surface area contributed by atoms with Crippen LogP contribution in [0.5, 0.6) is 0 Å². The lowest BCUT2D eigenvalue weighted by molar-refractivity contribution is -0.128. The number of hydrogen-bond acceptors (Lipinski definition) is 4. The minimum Gasteiger partial charge on any atom is -0.355 e. The highest BCUT2D eigenvalue weighted by molar-refractivity contribution is 5.85. The van der Waals surface area contributed by atoms with Gasteiger partial charge in [-0.25, -0.2) is 0 Å². The summed E-state index contributed by atoms with van der Waals surface area (Å²) in [4.78, 5) is 26.2. The molecule has 0 aromatic heterocycles. The quantitative estimate of drug-likeness (QED) is 0.665. The third kappa shape index (κ3) is 7.42. The number of piperidine rings is 1. The van der Waals surface area contributed by atoms with Gasteiger partial charge in [0.2, 0.25) is 11.8 Å². The van der Waals surface area contributed by atoms with E-state index in [2.05, 4.69) is 15.5 Å². The third-order valence-electron chi connectivity index (χ3n) is 4.30. The Balaban J connectivity index is 0.00000312. The zero-order chi connectivity index (χ0) is 17.4. The van der Waals surface area contributed by atoms with Crippen LogP contribution < -0.4 is 16.4 Å². The molecule has 1 unspecified atom stereocenters. The van der Waals surface area contributed by atoms with Crippen LogP contribution in [0.3, 0.4) is 0 Å². The van der Waals surface area contributed by atoms with E-state index in [1.807, 2.05) is 31.2 Å². The van der Waals surface area contributed by atoms with E-state index >= 15 is 0 Å². The third-order valence-corrected chi connectivity index (χ3v) is 4.30. The Bertz CT molecular complexity index is 551. The summed E-state index contributed by atoms with van der Waals surface area (Å²) in [5, 5.41) is 5.78. The van der Waals surface area contributed by atoms with Gasteiger partial charge in [0.15, 0.2) is 0 Å². The van der Waals surface area contributed by atoms with Crippen LogP contribution in [-0.2, 0) is 16.1 Å². The number of carbonyl (C=O) groups excluding carboxylic acids is 2. The van der Waals surface area contributed by atoms with Crippen molar-refractivity contribution < 1.29 is 9.59 Å². The summed E-state index contributed by atoms with van der Waals surface area (Å²) in [6, 6.07) is 8.12. The molecule has 1 aliphatic rings. The van der Waals surface area contributed by atoms with Crippen LogP contribution in [0.15, 0.2) is 24.3 Å². The zero-order valence-electron chi connectivity index (χ0n) is 14.8. The number of nitrogens with two attached hydrogens (primary N) is 1. The van der Waals surface area contributed by atoms with Gasteiger partial charge in [0, 0.05) is 26.2 Å². The van der Waals surface area contributed by atoms with Crippen LogP contribution in [0.2, 0.25) is 0 Å². The van der Waals surface area contributed by atoms with Gasteiger partial charge in [0.05, 0.1) is 12.5 Å². The zero-order valence-corrected chi connectivity index (χ0v) is 15.6. The molecule has 1 atom stereocenters. The first-order valence-electron chi connectivity index (χ1n) is 8.61. The molecule has 1 saturated heterocycles. The first kappa shape index (κ1) is 21.4. The second-order valence-corrected chi connectivity index (χ2v) is 6.42. The molecular weight excluding hydrogens is 340 g/mol. The van der Waals surface area contributed by atoms with E-state index in [9.17, 15) is 9.59 Å². The molecule has 0 bridgehead atoms. The van der Waals surface area contributed by atoms with Crippen LogP contribution >= 0.6 is 12.4 Å². The molecule has 1 aromatic rings. The largest absolute Gasteiger partial charge is 0.355 e. The molecule has 0 radical (unpaired) electrons. The monoisotopic (exact) mass is 368 g/mol. The van der Waals surface area contributed by atoms with Gasteiger partial charge >= 0.3 is 0 Å². The summed E-state index contributed by atoms with van der Waals surface area (Å²) in [6.45, 7) is 5.36. The van der Waals surface area contributed by atoms with E-state index in [4.69, 9.17) is 5.73 Å². The van der Waals surface area contributed by atoms with Crippen LogP contribution in [0, 0.1) is 12.8 Å². The Morgan fingerprint density at radius 3 is 2.64 bits per heavy atom. The lowest BCUT2D eigenvalue weighted by Gasteiger charge is -2.31. The van der Waals surface area contributed by atoms with E-state index in [1.54, 1.807) is 0 Å². The number of carbonyl (C=O) groups is 2. The molecule has 4 N–H and O–H groups in total. The fourth-order valence-corrected chi connectivity index (χ4v) is 2.92. The van der Waals surface area contributed by atoms with Crippen LogP contribution in [-0.4, -0.2) is 49.4 Å². The molecule has 2 amide bonds. The fraction of sp³-hybridized carbons (Fsp3) is 0.556. The Morgan fingerprint density at radius 2 is 1.96 bits per heavy atom. The Morgan fingerprint density at radius 1 is 1.24 bits per heavy atom. The van der Waals surface area contributed by atoms with E-state index < -0.39 is 0 Å². The molecule has 1 heterocycles. The lowest BCUT2D eigenvalue weighted by Crippen LogP contribution is -2.47. The van der Waals surface area contributed by atoms with Crippen LogP contribution in [0.4, 0.5) is 0 Å². The van der Waals surface area contributed by atoms with Gasteiger partial charge in [-0.05, 0) is 31.9 Å². The molecule has 0 aliphatic carbocycles. The average molecular weight is 369 g/mol. The summed E-state index contributed by atoms with van der Waals surface area (Å²) in [6.07, 6.45) is 1.81. The maximum atomic E-state index is 12.1.